The smallest absolute Gasteiger partial charge is 0.212 e. The molecule has 0 spiro atoms. The number of aryl methyl sites for hydroxylation is 1. The maximum atomic E-state index is 11.4. The van der Waals surface area contributed by atoms with Crippen molar-refractivity contribution < 1.29 is 8.42 Å². The quantitative estimate of drug-likeness (QED) is 0.766. The van der Waals surface area contributed by atoms with Gasteiger partial charge in [0, 0.05) is 10.7 Å². The lowest BCUT2D eigenvalue weighted by atomic mass is 10.1. The molecule has 0 unspecified atom stereocenters. The molecule has 0 aliphatic heterocycles. The minimum Gasteiger partial charge on any atom is -0.212 e. The third kappa shape index (κ3) is 2.18. The Labute approximate surface area is 94.7 Å². The molecule has 0 aromatic heterocycles. The van der Waals surface area contributed by atoms with Crippen molar-refractivity contribution >= 4 is 19.7 Å². The van der Waals surface area contributed by atoms with Crippen molar-refractivity contribution in [2.45, 2.75) is 30.9 Å². The third-order valence-electron chi connectivity index (χ3n) is 2.93. The Kier molecular flexibility index (Phi) is 2.55. The van der Waals surface area contributed by atoms with Crippen LogP contribution in [0.3, 0.4) is 0 Å². The monoisotopic (exact) mass is 244 g/mol. The summed E-state index contributed by atoms with van der Waals surface area (Å²) in [5.41, 5.74) is 2.20. The van der Waals surface area contributed by atoms with Crippen molar-refractivity contribution in [3.8, 4) is 0 Å². The number of hydrogen-bond acceptors (Lipinski definition) is 2. The molecule has 15 heavy (non-hydrogen) atoms. The second kappa shape index (κ2) is 3.49. The number of benzene rings is 1. The Morgan fingerprint density at radius 1 is 1.40 bits per heavy atom. The topological polar surface area (TPSA) is 34.1 Å². The first-order valence-corrected chi connectivity index (χ1v) is 7.24. The fraction of sp³-hybridized carbons (Fsp3) is 0.455. The molecule has 1 aromatic carbocycles. The maximum Gasteiger partial charge on any atom is 0.238 e. The van der Waals surface area contributed by atoms with Crippen LogP contribution in [0.5, 0.6) is 0 Å². The van der Waals surface area contributed by atoms with Gasteiger partial charge in [0.1, 0.15) is 0 Å². The van der Waals surface area contributed by atoms with E-state index in [0.29, 0.717) is 19.3 Å². The molecule has 1 aliphatic rings. The molecule has 0 radical (unpaired) electrons. The van der Waals surface area contributed by atoms with Gasteiger partial charge in [-0.05, 0) is 31.7 Å². The van der Waals surface area contributed by atoms with Gasteiger partial charge in [-0.25, -0.2) is 8.42 Å². The minimum atomic E-state index is -3.43. The zero-order valence-corrected chi connectivity index (χ0v) is 10.1. The van der Waals surface area contributed by atoms with Crippen LogP contribution in [-0.4, -0.2) is 13.2 Å². The Hall–Kier alpha value is -0.540. The molecule has 2 rings (SSSR count). The van der Waals surface area contributed by atoms with Crippen LogP contribution >= 0.6 is 10.7 Å². The second-order valence-corrected chi connectivity index (χ2v) is 7.25. The average molecular weight is 245 g/mol. The highest BCUT2D eigenvalue weighted by atomic mass is 35.7. The van der Waals surface area contributed by atoms with Gasteiger partial charge in [-0.2, -0.15) is 0 Å². The Morgan fingerprint density at radius 3 is 2.53 bits per heavy atom. The Bertz CT molecular complexity index is 475. The summed E-state index contributed by atoms with van der Waals surface area (Å²) in [5.74, 6) is 0. The van der Waals surface area contributed by atoms with E-state index in [1.54, 1.807) is 0 Å². The van der Waals surface area contributed by atoms with Crippen LogP contribution < -0.4 is 0 Å². The summed E-state index contributed by atoms with van der Waals surface area (Å²) in [6, 6.07) is 7.91. The van der Waals surface area contributed by atoms with Crippen molar-refractivity contribution in [1.29, 1.82) is 0 Å². The molecule has 1 aromatic rings. The first kappa shape index (κ1) is 11.0. The fourth-order valence-corrected chi connectivity index (χ4v) is 3.40. The summed E-state index contributed by atoms with van der Waals surface area (Å²) in [4.78, 5) is 0. The van der Waals surface area contributed by atoms with Crippen molar-refractivity contribution in [3.05, 3.63) is 35.4 Å². The molecule has 0 heterocycles. The molecule has 4 heteroatoms. The first-order chi connectivity index (χ1) is 6.93. The SMILES string of the molecule is Cc1cccc(CC2(S(=O)(=O)Cl)CC2)c1. The van der Waals surface area contributed by atoms with Gasteiger partial charge in [-0.15, -0.1) is 0 Å². The lowest BCUT2D eigenvalue weighted by Gasteiger charge is -2.11. The van der Waals surface area contributed by atoms with Crippen molar-refractivity contribution in [1.82, 2.24) is 0 Å². The highest BCUT2D eigenvalue weighted by Crippen LogP contribution is 2.48. The van der Waals surface area contributed by atoms with E-state index in [2.05, 4.69) is 0 Å². The van der Waals surface area contributed by atoms with Gasteiger partial charge in [0.2, 0.25) is 9.05 Å². The van der Waals surface area contributed by atoms with Crippen LogP contribution in [0.1, 0.15) is 24.0 Å². The molecule has 0 N–H and O–H groups in total. The summed E-state index contributed by atoms with van der Waals surface area (Å²) < 4.78 is 22.1. The zero-order chi connectivity index (χ0) is 11.1. The van der Waals surface area contributed by atoms with E-state index < -0.39 is 13.8 Å². The van der Waals surface area contributed by atoms with Gasteiger partial charge in [0.15, 0.2) is 0 Å². The first-order valence-electron chi connectivity index (χ1n) is 4.93. The molecule has 0 atom stereocenters. The van der Waals surface area contributed by atoms with E-state index in [9.17, 15) is 8.42 Å². The van der Waals surface area contributed by atoms with E-state index in [4.69, 9.17) is 10.7 Å². The van der Waals surface area contributed by atoms with Crippen LogP contribution in [0.4, 0.5) is 0 Å². The summed E-state index contributed by atoms with van der Waals surface area (Å²) in [7, 11) is 2.02. The van der Waals surface area contributed by atoms with Crippen LogP contribution in [0.25, 0.3) is 0 Å². The molecule has 2 nitrogen and oxygen atoms in total. The summed E-state index contributed by atoms with van der Waals surface area (Å²) in [5, 5.41) is 0. The van der Waals surface area contributed by atoms with E-state index in [1.807, 2.05) is 31.2 Å². The Balaban J connectivity index is 2.24. The largest absolute Gasteiger partial charge is 0.238 e. The van der Waals surface area contributed by atoms with Gasteiger partial charge >= 0.3 is 0 Å². The average Bonchev–Trinajstić information content (AvgIpc) is 2.84. The van der Waals surface area contributed by atoms with Crippen molar-refractivity contribution in [2.75, 3.05) is 0 Å². The molecular weight excluding hydrogens is 232 g/mol. The molecule has 1 saturated carbocycles. The van der Waals surface area contributed by atoms with E-state index in [-0.39, 0.29) is 0 Å². The molecular formula is C11H13ClO2S. The van der Waals surface area contributed by atoms with Gasteiger partial charge < -0.3 is 0 Å². The predicted octanol–water partition coefficient (Wildman–Crippen LogP) is 2.64. The lowest BCUT2D eigenvalue weighted by Crippen LogP contribution is -2.20. The van der Waals surface area contributed by atoms with E-state index >= 15 is 0 Å². The molecule has 0 bridgehead atoms. The van der Waals surface area contributed by atoms with Crippen LogP contribution in [0.2, 0.25) is 0 Å². The van der Waals surface area contributed by atoms with Gasteiger partial charge in [0.25, 0.3) is 0 Å². The van der Waals surface area contributed by atoms with Crippen LogP contribution in [-0.2, 0) is 15.5 Å². The second-order valence-electron chi connectivity index (χ2n) is 4.29. The fourth-order valence-electron chi connectivity index (χ4n) is 1.84. The molecule has 0 saturated heterocycles. The van der Waals surface area contributed by atoms with Crippen molar-refractivity contribution in [2.24, 2.45) is 0 Å². The number of halogens is 1. The molecule has 0 amide bonds. The molecule has 1 aliphatic carbocycles. The van der Waals surface area contributed by atoms with Crippen LogP contribution in [0.15, 0.2) is 24.3 Å². The maximum absolute atomic E-state index is 11.4. The summed E-state index contributed by atoms with van der Waals surface area (Å²) in [6.45, 7) is 2.00. The normalized spacial score (nSPS) is 18.8. The predicted molar refractivity (Wildman–Crippen MR) is 61.6 cm³/mol. The Morgan fingerprint density at radius 2 is 2.07 bits per heavy atom. The third-order valence-corrected chi connectivity index (χ3v) is 5.50. The zero-order valence-electron chi connectivity index (χ0n) is 8.53. The number of rotatable bonds is 3. The van der Waals surface area contributed by atoms with Crippen LogP contribution in [0, 0.1) is 6.92 Å². The van der Waals surface area contributed by atoms with Gasteiger partial charge in [-0.1, -0.05) is 29.8 Å². The minimum absolute atomic E-state index is 0.542. The summed E-state index contributed by atoms with van der Waals surface area (Å²) >= 11 is 0. The van der Waals surface area contributed by atoms with E-state index in [1.165, 1.54) is 0 Å². The highest BCUT2D eigenvalue weighted by molar-refractivity contribution is 8.15. The van der Waals surface area contributed by atoms with Gasteiger partial charge in [-0.3, -0.25) is 0 Å². The van der Waals surface area contributed by atoms with Gasteiger partial charge in [0.05, 0.1) is 4.75 Å². The highest BCUT2D eigenvalue weighted by Gasteiger charge is 2.53. The molecule has 1 fully saturated rings. The number of hydrogen-bond donors (Lipinski definition) is 0. The molecule has 82 valence electrons. The van der Waals surface area contributed by atoms with E-state index in [0.717, 1.165) is 11.1 Å². The lowest BCUT2D eigenvalue weighted by molar-refractivity contribution is 0.590. The van der Waals surface area contributed by atoms with Crippen molar-refractivity contribution in [3.63, 3.8) is 0 Å². The standard InChI is InChI=1S/C11H13ClO2S/c1-9-3-2-4-10(7-9)8-11(5-6-11)15(12,13)14/h2-4,7H,5-6,8H2,1H3. The summed E-state index contributed by atoms with van der Waals surface area (Å²) in [6.07, 6.45) is 1.92.